The summed E-state index contributed by atoms with van der Waals surface area (Å²) in [6, 6.07) is 10.8. The molecule has 2 heterocycles. The number of furan rings is 1. The van der Waals surface area contributed by atoms with Crippen molar-refractivity contribution in [2.75, 3.05) is 26.1 Å². The number of hydrogen-bond acceptors (Lipinski definition) is 7. The van der Waals surface area contributed by atoms with Crippen LogP contribution in [0, 0.1) is 0 Å². The predicted molar refractivity (Wildman–Crippen MR) is 114 cm³/mol. The molecule has 0 radical (unpaired) electrons. The number of hydrogen-bond donors (Lipinski definition) is 1. The SMILES string of the molecule is COc1ccc(NC(=O)CN(Cc2ccco2)S(=O)(=O)c2ccc(Cl)nc2)c(OC)c1. The van der Waals surface area contributed by atoms with Crippen LogP contribution in [0.15, 0.2) is 64.2 Å². The van der Waals surface area contributed by atoms with Gasteiger partial charge in [-0.1, -0.05) is 11.6 Å². The summed E-state index contributed by atoms with van der Waals surface area (Å²) < 4.78 is 42.9. The van der Waals surface area contributed by atoms with Crippen molar-refractivity contribution in [3.8, 4) is 11.5 Å². The Balaban J connectivity index is 1.85. The third-order valence-electron chi connectivity index (χ3n) is 4.25. The lowest BCUT2D eigenvalue weighted by Gasteiger charge is -2.21. The number of sulfonamides is 1. The Bertz CT molecular complexity index is 1130. The summed E-state index contributed by atoms with van der Waals surface area (Å²) in [6.45, 7) is -0.619. The fourth-order valence-corrected chi connectivity index (χ4v) is 4.14. The first kappa shape index (κ1) is 22.6. The molecule has 1 amide bonds. The van der Waals surface area contributed by atoms with Gasteiger partial charge in [0.05, 0.1) is 39.3 Å². The monoisotopic (exact) mass is 465 g/mol. The van der Waals surface area contributed by atoms with E-state index in [0.29, 0.717) is 22.9 Å². The predicted octanol–water partition coefficient (Wildman–Crippen LogP) is 3.17. The van der Waals surface area contributed by atoms with E-state index >= 15 is 0 Å². The third kappa shape index (κ3) is 5.54. The molecule has 2 aromatic heterocycles. The number of aromatic nitrogens is 1. The molecule has 0 fully saturated rings. The minimum absolute atomic E-state index is 0.0988. The zero-order valence-electron chi connectivity index (χ0n) is 16.7. The van der Waals surface area contributed by atoms with E-state index in [4.69, 9.17) is 25.5 Å². The van der Waals surface area contributed by atoms with E-state index in [1.807, 2.05) is 0 Å². The fraction of sp³-hybridized carbons (Fsp3) is 0.200. The van der Waals surface area contributed by atoms with Crippen molar-refractivity contribution in [2.24, 2.45) is 0 Å². The molecule has 1 N–H and O–H groups in total. The molecular formula is C20H20ClN3O6S. The molecule has 9 nitrogen and oxygen atoms in total. The molecule has 0 saturated heterocycles. The number of nitrogens with zero attached hydrogens (tertiary/aromatic N) is 2. The van der Waals surface area contributed by atoms with Gasteiger partial charge in [-0.2, -0.15) is 4.31 Å². The van der Waals surface area contributed by atoms with Crippen molar-refractivity contribution in [2.45, 2.75) is 11.4 Å². The molecule has 0 bridgehead atoms. The van der Waals surface area contributed by atoms with Crippen LogP contribution in [0.1, 0.15) is 5.76 Å². The van der Waals surface area contributed by atoms with Crippen LogP contribution >= 0.6 is 11.6 Å². The Kier molecular flexibility index (Phi) is 7.16. The molecule has 31 heavy (non-hydrogen) atoms. The number of carbonyl (C=O) groups is 1. The van der Waals surface area contributed by atoms with Gasteiger partial charge < -0.3 is 19.2 Å². The molecule has 3 rings (SSSR count). The smallest absolute Gasteiger partial charge is 0.245 e. The number of methoxy groups -OCH3 is 2. The Morgan fingerprint density at radius 2 is 2.00 bits per heavy atom. The summed E-state index contributed by atoms with van der Waals surface area (Å²) in [7, 11) is -1.11. The van der Waals surface area contributed by atoms with E-state index in [0.717, 1.165) is 10.5 Å². The van der Waals surface area contributed by atoms with Crippen LogP contribution in [0.3, 0.4) is 0 Å². The molecule has 0 aliphatic rings. The van der Waals surface area contributed by atoms with Gasteiger partial charge in [0.2, 0.25) is 15.9 Å². The highest BCUT2D eigenvalue weighted by molar-refractivity contribution is 7.89. The number of amides is 1. The van der Waals surface area contributed by atoms with Crippen molar-refractivity contribution >= 4 is 33.2 Å². The second-order valence-electron chi connectivity index (χ2n) is 6.28. The second kappa shape index (κ2) is 9.82. The van der Waals surface area contributed by atoms with Crippen molar-refractivity contribution in [3.05, 3.63) is 65.8 Å². The van der Waals surface area contributed by atoms with Crippen LogP contribution in [0.5, 0.6) is 11.5 Å². The average Bonchev–Trinajstić information content (AvgIpc) is 3.27. The van der Waals surface area contributed by atoms with E-state index in [1.54, 1.807) is 30.3 Å². The zero-order chi connectivity index (χ0) is 22.4. The first-order valence-corrected chi connectivity index (χ1v) is 10.8. The summed E-state index contributed by atoms with van der Waals surface area (Å²) in [4.78, 5) is 16.5. The third-order valence-corrected chi connectivity index (χ3v) is 6.25. The normalized spacial score (nSPS) is 11.4. The Hall–Kier alpha value is -3.08. The first-order chi connectivity index (χ1) is 14.8. The topological polar surface area (TPSA) is 111 Å². The molecule has 0 spiro atoms. The number of carbonyl (C=O) groups excluding carboxylic acids is 1. The zero-order valence-corrected chi connectivity index (χ0v) is 18.3. The van der Waals surface area contributed by atoms with Crippen molar-refractivity contribution in [1.29, 1.82) is 0 Å². The summed E-state index contributed by atoms with van der Waals surface area (Å²) in [6.07, 6.45) is 2.56. The van der Waals surface area contributed by atoms with Gasteiger partial charge in [0.15, 0.2) is 0 Å². The highest BCUT2D eigenvalue weighted by atomic mass is 35.5. The van der Waals surface area contributed by atoms with Crippen LogP contribution in [-0.4, -0.2) is 44.4 Å². The largest absolute Gasteiger partial charge is 0.497 e. The number of benzene rings is 1. The Morgan fingerprint density at radius 3 is 2.61 bits per heavy atom. The van der Waals surface area contributed by atoms with Crippen molar-refractivity contribution in [3.63, 3.8) is 0 Å². The maximum Gasteiger partial charge on any atom is 0.245 e. The van der Waals surface area contributed by atoms with E-state index in [-0.39, 0.29) is 16.6 Å². The Morgan fingerprint density at radius 1 is 1.19 bits per heavy atom. The maximum absolute atomic E-state index is 13.1. The number of ether oxygens (including phenoxy) is 2. The van der Waals surface area contributed by atoms with E-state index in [2.05, 4.69) is 10.3 Å². The molecule has 11 heteroatoms. The second-order valence-corrected chi connectivity index (χ2v) is 8.61. The summed E-state index contributed by atoms with van der Waals surface area (Å²) in [5.41, 5.74) is 0.372. The van der Waals surface area contributed by atoms with E-state index < -0.39 is 22.5 Å². The van der Waals surface area contributed by atoms with Gasteiger partial charge in [0.1, 0.15) is 27.3 Å². The number of anilines is 1. The summed E-state index contributed by atoms with van der Waals surface area (Å²) in [5.74, 6) is 0.725. The maximum atomic E-state index is 13.1. The number of halogens is 1. The first-order valence-electron chi connectivity index (χ1n) is 8.99. The fourth-order valence-electron chi connectivity index (χ4n) is 2.72. The van der Waals surface area contributed by atoms with Crippen LogP contribution in [0.4, 0.5) is 5.69 Å². The molecule has 164 valence electrons. The van der Waals surface area contributed by atoms with E-state index in [9.17, 15) is 13.2 Å². The number of nitrogens with one attached hydrogen (secondary N) is 1. The van der Waals surface area contributed by atoms with Gasteiger partial charge in [0, 0.05) is 12.3 Å². The van der Waals surface area contributed by atoms with Crippen LogP contribution < -0.4 is 14.8 Å². The lowest BCUT2D eigenvalue weighted by Crippen LogP contribution is -2.37. The molecule has 0 aliphatic carbocycles. The molecular weight excluding hydrogens is 446 g/mol. The van der Waals surface area contributed by atoms with Gasteiger partial charge in [-0.05, 0) is 36.4 Å². The molecule has 0 atom stereocenters. The Labute approximate surface area is 184 Å². The lowest BCUT2D eigenvalue weighted by atomic mass is 10.2. The van der Waals surface area contributed by atoms with Gasteiger partial charge in [-0.25, -0.2) is 13.4 Å². The average molecular weight is 466 g/mol. The van der Waals surface area contributed by atoms with Gasteiger partial charge in [0.25, 0.3) is 0 Å². The molecule has 0 aliphatic heterocycles. The highest BCUT2D eigenvalue weighted by Gasteiger charge is 2.28. The molecule has 3 aromatic rings. The van der Waals surface area contributed by atoms with Crippen LogP contribution in [0.2, 0.25) is 5.15 Å². The van der Waals surface area contributed by atoms with Crippen molar-refractivity contribution < 1.29 is 27.1 Å². The summed E-state index contributed by atoms with van der Waals surface area (Å²) >= 11 is 5.76. The van der Waals surface area contributed by atoms with Gasteiger partial charge in [-0.15, -0.1) is 0 Å². The minimum atomic E-state index is -4.07. The standard InChI is InChI=1S/C20H20ClN3O6S/c1-28-14-5-7-17(18(10-14)29-2)23-20(25)13-24(12-15-4-3-9-30-15)31(26,27)16-6-8-19(21)22-11-16/h3-11H,12-13H2,1-2H3,(H,23,25). The number of pyridine rings is 1. The van der Waals surface area contributed by atoms with Crippen LogP contribution in [-0.2, 0) is 21.4 Å². The van der Waals surface area contributed by atoms with Gasteiger partial charge in [-0.3, -0.25) is 4.79 Å². The molecule has 1 aromatic carbocycles. The summed E-state index contributed by atoms with van der Waals surface area (Å²) in [5, 5.41) is 2.82. The number of rotatable bonds is 9. The van der Waals surface area contributed by atoms with Gasteiger partial charge >= 0.3 is 0 Å². The van der Waals surface area contributed by atoms with E-state index in [1.165, 1.54) is 32.6 Å². The van der Waals surface area contributed by atoms with Crippen LogP contribution in [0.25, 0.3) is 0 Å². The van der Waals surface area contributed by atoms with Crippen molar-refractivity contribution in [1.82, 2.24) is 9.29 Å². The highest BCUT2D eigenvalue weighted by Crippen LogP contribution is 2.29. The minimum Gasteiger partial charge on any atom is -0.497 e. The lowest BCUT2D eigenvalue weighted by molar-refractivity contribution is -0.116. The molecule has 0 saturated carbocycles. The quantitative estimate of drug-likeness (QED) is 0.483. The molecule has 0 unspecified atom stereocenters.